The van der Waals surface area contributed by atoms with Crippen LogP contribution in [0.4, 0.5) is 0 Å². The summed E-state index contributed by atoms with van der Waals surface area (Å²) in [5.74, 6) is -1.59. The first-order valence-corrected chi connectivity index (χ1v) is 13.0. The zero-order valence-electron chi connectivity index (χ0n) is 16.2. The summed E-state index contributed by atoms with van der Waals surface area (Å²) in [6.07, 6.45) is 2.12. The summed E-state index contributed by atoms with van der Waals surface area (Å²) in [6.45, 7) is 1.45. The summed E-state index contributed by atoms with van der Waals surface area (Å²) >= 11 is 6.81. The first kappa shape index (κ1) is 23.2. The van der Waals surface area contributed by atoms with Gasteiger partial charge in [-0.25, -0.2) is 8.42 Å². The van der Waals surface area contributed by atoms with Gasteiger partial charge < -0.3 is 8.92 Å². The molecule has 1 N–H and O–H groups in total. The molecular formula is C16H15ClN4O7S3. The van der Waals surface area contributed by atoms with Crippen LogP contribution in [0, 0.1) is 5.41 Å². The van der Waals surface area contributed by atoms with E-state index in [2.05, 4.69) is 10.1 Å². The van der Waals surface area contributed by atoms with Gasteiger partial charge in [0.1, 0.15) is 0 Å². The average molecular weight is 507 g/mol. The van der Waals surface area contributed by atoms with Crippen molar-refractivity contribution < 1.29 is 30.6 Å². The summed E-state index contributed by atoms with van der Waals surface area (Å²) in [5, 5.41) is 13.0. The Kier molecular flexibility index (Phi) is 6.19. The number of nitrogens with one attached hydrogen (secondary N) is 1. The number of amidine groups is 2. The Bertz CT molecular complexity index is 1300. The zero-order valence-corrected chi connectivity index (χ0v) is 19.4. The second kappa shape index (κ2) is 8.26. The number of amides is 1. The number of hydrogen-bond acceptors (Lipinski definition) is 10. The molecule has 0 unspecified atom stereocenters. The van der Waals surface area contributed by atoms with Gasteiger partial charge in [0.25, 0.3) is 5.91 Å². The molecule has 0 radical (unpaired) electrons. The summed E-state index contributed by atoms with van der Waals surface area (Å²) in [4.78, 5) is 16.3. The van der Waals surface area contributed by atoms with Crippen LogP contribution in [0.5, 0.6) is 11.5 Å². The molecule has 0 aromatic heterocycles. The third-order valence-corrected chi connectivity index (χ3v) is 7.72. The predicted octanol–water partition coefficient (Wildman–Crippen LogP) is 1.70. The van der Waals surface area contributed by atoms with Gasteiger partial charge in [-0.2, -0.15) is 18.4 Å². The molecule has 0 fully saturated rings. The lowest BCUT2D eigenvalue weighted by Crippen LogP contribution is -2.35. The largest absolute Gasteiger partial charge is 0.493 e. The molecule has 3 rings (SSSR count). The summed E-state index contributed by atoms with van der Waals surface area (Å²) in [7, 11) is -6.25. The van der Waals surface area contributed by atoms with E-state index < -0.39 is 25.9 Å². The van der Waals surface area contributed by atoms with Crippen molar-refractivity contribution in [3.63, 3.8) is 0 Å². The Morgan fingerprint density at radius 1 is 1.29 bits per heavy atom. The number of aliphatic imine (C=N–C) groups is 1. The van der Waals surface area contributed by atoms with E-state index >= 15 is 0 Å². The first-order valence-electron chi connectivity index (χ1n) is 8.36. The van der Waals surface area contributed by atoms with Crippen LogP contribution in [-0.2, 0) is 24.7 Å². The number of thioether (sulfide) groups is 1. The number of carbonyl (C=O) groups is 1. The van der Waals surface area contributed by atoms with Crippen molar-refractivity contribution >= 4 is 70.7 Å². The number of hydrazone groups is 1. The SMILES string of the molecule is CCS(=O)(=O)C1=NN2C(=N)/C(=C/c3cc(Cl)c(OS(C)(=O)=O)c(OC)c3)C(=O)N=C2S1. The molecule has 1 aromatic carbocycles. The van der Waals surface area contributed by atoms with Gasteiger partial charge in [-0.05, 0) is 35.5 Å². The van der Waals surface area contributed by atoms with Crippen molar-refractivity contribution in [2.24, 2.45) is 10.1 Å². The number of nitrogens with zero attached hydrogens (tertiary/aromatic N) is 3. The molecule has 0 atom stereocenters. The number of ether oxygens (including phenoxy) is 1. The minimum Gasteiger partial charge on any atom is -0.493 e. The monoisotopic (exact) mass is 506 g/mol. The van der Waals surface area contributed by atoms with E-state index in [1.54, 1.807) is 0 Å². The Morgan fingerprint density at radius 2 is 1.97 bits per heavy atom. The topological polar surface area (TPSA) is 156 Å². The van der Waals surface area contributed by atoms with Crippen LogP contribution in [0.25, 0.3) is 6.08 Å². The standard InChI is InChI=1S/C16H15ClN4O7S3/c1-4-31(25,26)16-20-21-13(18)9(14(22)19-15(21)29-16)5-8-6-10(17)12(11(7-8)27-2)28-30(3,23)24/h5-7,18H,4H2,1-3H3/b9-5-,18-13?. The first-order chi connectivity index (χ1) is 14.4. The van der Waals surface area contributed by atoms with E-state index in [9.17, 15) is 21.6 Å². The van der Waals surface area contributed by atoms with Crippen LogP contribution < -0.4 is 8.92 Å². The Labute approximate surface area is 187 Å². The molecule has 0 spiro atoms. The Morgan fingerprint density at radius 3 is 2.55 bits per heavy atom. The fourth-order valence-electron chi connectivity index (χ4n) is 2.45. The van der Waals surface area contributed by atoms with Gasteiger partial charge >= 0.3 is 10.1 Å². The quantitative estimate of drug-likeness (QED) is 0.463. The predicted molar refractivity (Wildman–Crippen MR) is 118 cm³/mol. The number of fused-ring (bicyclic) bond motifs is 1. The van der Waals surface area contributed by atoms with Crippen LogP contribution in [-0.4, -0.2) is 62.2 Å². The second-order valence-electron chi connectivity index (χ2n) is 6.11. The van der Waals surface area contributed by atoms with Crippen LogP contribution in [0.3, 0.4) is 0 Å². The fourth-order valence-corrected chi connectivity index (χ4v) is 5.39. The lowest BCUT2D eigenvalue weighted by atomic mass is 10.1. The number of halogens is 1. The maximum absolute atomic E-state index is 12.5. The van der Waals surface area contributed by atoms with Crippen molar-refractivity contribution in [2.45, 2.75) is 6.92 Å². The van der Waals surface area contributed by atoms with E-state index in [1.165, 1.54) is 32.2 Å². The molecule has 15 heteroatoms. The van der Waals surface area contributed by atoms with Crippen LogP contribution in [0.2, 0.25) is 5.02 Å². The molecule has 1 amide bonds. The molecule has 2 heterocycles. The highest BCUT2D eigenvalue weighted by Gasteiger charge is 2.39. The van der Waals surface area contributed by atoms with Crippen LogP contribution >= 0.6 is 23.4 Å². The van der Waals surface area contributed by atoms with Gasteiger partial charge in [-0.3, -0.25) is 10.2 Å². The Balaban J connectivity index is 2.03. The lowest BCUT2D eigenvalue weighted by molar-refractivity contribution is -0.114. The molecule has 0 bridgehead atoms. The number of sulfone groups is 1. The van der Waals surface area contributed by atoms with Gasteiger partial charge in [0.15, 0.2) is 11.6 Å². The van der Waals surface area contributed by atoms with E-state index in [1.807, 2.05) is 0 Å². The number of hydrogen-bond donors (Lipinski definition) is 1. The van der Waals surface area contributed by atoms with Crippen molar-refractivity contribution in [3.8, 4) is 11.5 Å². The maximum Gasteiger partial charge on any atom is 0.306 e. The van der Waals surface area contributed by atoms with E-state index in [-0.39, 0.29) is 48.8 Å². The van der Waals surface area contributed by atoms with Crippen molar-refractivity contribution in [1.82, 2.24) is 5.01 Å². The number of methoxy groups -OCH3 is 1. The number of carbonyl (C=O) groups excluding carboxylic acids is 1. The van der Waals surface area contributed by atoms with Gasteiger partial charge in [0, 0.05) is 0 Å². The number of benzene rings is 1. The summed E-state index contributed by atoms with van der Waals surface area (Å²) in [6, 6.07) is 2.67. The normalized spacial score (nSPS) is 18.1. The second-order valence-corrected chi connectivity index (χ2v) is 11.5. The highest BCUT2D eigenvalue weighted by molar-refractivity contribution is 8.42. The molecule has 31 heavy (non-hydrogen) atoms. The van der Waals surface area contributed by atoms with Gasteiger partial charge in [-0.1, -0.05) is 18.5 Å². The lowest BCUT2D eigenvalue weighted by Gasteiger charge is -2.20. The van der Waals surface area contributed by atoms with Gasteiger partial charge in [0.2, 0.25) is 25.1 Å². The van der Waals surface area contributed by atoms with Crippen molar-refractivity contribution in [2.75, 3.05) is 19.1 Å². The molecule has 2 aliphatic heterocycles. The molecular weight excluding hydrogens is 492 g/mol. The minimum absolute atomic E-state index is 0.0187. The molecule has 0 saturated carbocycles. The summed E-state index contributed by atoms with van der Waals surface area (Å²) < 4.78 is 56.7. The van der Waals surface area contributed by atoms with Crippen molar-refractivity contribution in [3.05, 3.63) is 28.3 Å². The van der Waals surface area contributed by atoms with Crippen molar-refractivity contribution in [1.29, 1.82) is 5.41 Å². The summed E-state index contributed by atoms with van der Waals surface area (Å²) in [5.41, 5.74) is 0.102. The van der Waals surface area contributed by atoms with Crippen LogP contribution in [0.1, 0.15) is 12.5 Å². The molecule has 2 aliphatic rings. The third kappa shape index (κ3) is 4.76. The highest BCUT2D eigenvalue weighted by atomic mass is 35.5. The smallest absolute Gasteiger partial charge is 0.306 e. The van der Waals surface area contributed by atoms with E-state index in [4.69, 9.17) is 25.9 Å². The molecule has 11 nitrogen and oxygen atoms in total. The van der Waals surface area contributed by atoms with E-state index in [0.717, 1.165) is 11.3 Å². The zero-order chi connectivity index (χ0) is 23.1. The minimum atomic E-state index is -3.88. The fraction of sp³-hybridized carbons (Fsp3) is 0.250. The molecule has 0 aliphatic carbocycles. The van der Waals surface area contributed by atoms with Gasteiger partial charge in [0.05, 0.1) is 29.7 Å². The highest BCUT2D eigenvalue weighted by Crippen LogP contribution is 2.38. The van der Waals surface area contributed by atoms with Gasteiger partial charge in [-0.15, -0.1) is 5.10 Å². The molecule has 1 aromatic rings. The molecule has 0 saturated heterocycles. The van der Waals surface area contributed by atoms with Crippen LogP contribution in [0.15, 0.2) is 27.8 Å². The average Bonchev–Trinajstić information content (AvgIpc) is 3.11. The Hall–Kier alpha value is -2.42. The molecule has 166 valence electrons. The number of rotatable bonds is 5. The van der Waals surface area contributed by atoms with E-state index in [0.29, 0.717) is 11.8 Å². The third-order valence-electron chi connectivity index (χ3n) is 3.88. The maximum atomic E-state index is 12.5.